The first-order chi connectivity index (χ1) is 7.31. The van der Waals surface area contributed by atoms with Gasteiger partial charge >= 0.3 is 0 Å². The van der Waals surface area contributed by atoms with Crippen molar-refractivity contribution in [3.05, 3.63) is 23.8 Å². The summed E-state index contributed by atoms with van der Waals surface area (Å²) in [4.78, 5) is 1.40. The van der Waals surface area contributed by atoms with Crippen LogP contribution in [-0.2, 0) is 0 Å². The van der Waals surface area contributed by atoms with Crippen molar-refractivity contribution in [2.45, 2.75) is 24.3 Å². The van der Waals surface area contributed by atoms with E-state index in [4.69, 9.17) is 0 Å². The molecule has 0 spiro atoms. The van der Waals surface area contributed by atoms with Crippen molar-refractivity contribution in [2.24, 2.45) is 0 Å². The van der Waals surface area contributed by atoms with E-state index in [1.165, 1.54) is 28.3 Å². The Morgan fingerprint density at radius 3 is 3.20 bits per heavy atom. The summed E-state index contributed by atoms with van der Waals surface area (Å²) in [6.07, 6.45) is 1.19. The van der Waals surface area contributed by atoms with Crippen LogP contribution in [-0.4, -0.2) is 25.4 Å². The SMILES string of the molecule is CNCCC1CSc2cccc(C)c2N1. The molecule has 0 saturated heterocycles. The zero-order valence-electron chi connectivity index (χ0n) is 9.34. The van der Waals surface area contributed by atoms with Gasteiger partial charge < -0.3 is 10.6 Å². The van der Waals surface area contributed by atoms with Crippen LogP contribution < -0.4 is 10.6 Å². The highest BCUT2D eigenvalue weighted by atomic mass is 32.2. The Kier molecular flexibility index (Phi) is 3.54. The van der Waals surface area contributed by atoms with Crippen LogP contribution in [0, 0.1) is 6.92 Å². The topological polar surface area (TPSA) is 24.1 Å². The molecule has 2 rings (SSSR count). The Labute approximate surface area is 95.8 Å². The summed E-state index contributed by atoms with van der Waals surface area (Å²) >= 11 is 1.97. The Balaban J connectivity index is 2.08. The van der Waals surface area contributed by atoms with Crippen molar-refractivity contribution in [3.63, 3.8) is 0 Å². The third kappa shape index (κ3) is 2.47. The average molecular weight is 222 g/mol. The fourth-order valence-electron chi connectivity index (χ4n) is 1.86. The highest BCUT2D eigenvalue weighted by molar-refractivity contribution is 7.99. The van der Waals surface area contributed by atoms with Crippen LogP contribution in [0.1, 0.15) is 12.0 Å². The number of anilines is 1. The molecule has 1 aliphatic heterocycles. The monoisotopic (exact) mass is 222 g/mol. The van der Waals surface area contributed by atoms with E-state index in [0.29, 0.717) is 6.04 Å². The quantitative estimate of drug-likeness (QED) is 0.821. The standard InChI is InChI=1S/C12H18N2S/c1-9-4-3-5-11-12(9)14-10(8-15-11)6-7-13-2/h3-5,10,13-14H,6-8H2,1-2H3. The zero-order chi connectivity index (χ0) is 10.7. The van der Waals surface area contributed by atoms with Crippen LogP contribution in [0.4, 0.5) is 5.69 Å². The Morgan fingerprint density at radius 1 is 1.53 bits per heavy atom. The van der Waals surface area contributed by atoms with Crippen molar-refractivity contribution in [1.29, 1.82) is 0 Å². The highest BCUT2D eigenvalue weighted by Gasteiger charge is 2.18. The molecule has 0 aliphatic carbocycles. The molecular weight excluding hydrogens is 204 g/mol. The lowest BCUT2D eigenvalue weighted by molar-refractivity contribution is 0.657. The summed E-state index contributed by atoms with van der Waals surface area (Å²) in [7, 11) is 2.01. The first-order valence-corrected chi connectivity index (χ1v) is 6.43. The smallest absolute Gasteiger partial charge is 0.0510 e. The predicted octanol–water partition coefficient (Wildman–Crippen LogP) is 2.49. The first kappa shape index (κ1) is 10.8. The molecule has 0 amide bonds. The van der Waals surface area contributed by atoms with Gasteiger partial charge in [-0.25, -0.2) is 0 Å². The molecule has 0 bridgehead atoms. The fourth-order valence-corrected chi connectivity index (χ4v) is 3.03. The van der Waals surface area contributed by atoms with Gasteiger partial charge in [0.1, 0.15) is 0 Å². The lowest BCUT2D eigenvalue weighted by Gasteiger charge is -2.27. The van der Waals surface area contributed by atoms with E-state index in [1.807, 2.05) is 18.8 Å². The van der Waals surface area contributed by atoms with Crippen LogP contribution in [0.25, 0.3) is 0 Å². The largest absolute Gasteiger partial charge is 0.380 e. The number of nitrogens with one attached hydrogen (secondary N) is 2. The number of rotatable bonds is 3. The molecule has 1 heterocycles. The third-order valence-corrected chi connectivity index (χ3v) is 3.99. The molecule has 1 aromatic carbocycles. The van der Waals surface area contributed by atoms with E-state index in [0.717, 1.165) is 6.54 Å². The minimum atomic E-state index is 0.607. The van der Waals surface area contributed by atoms with Gasteiger partial charge in [0.2, 0.25) is 0 Å². The maximum Gasteiger partial charge on any atom is 0.0510 e. The molecule has 1 aromatic rings. The van der Waals surface area contributed by atoms with Crippen molar-refractivity contribution in [3.8, 4) is 0 Å². The molecule has 0 aromatic heterocycles. The second-order valence-electron chi connectivity index (χ2n) is 3.99. The van der Waals surface area contributed by atoms with Gasteiger partial charge in [-0.1, -0.05) is 12.1 Å². The van der Waals surface area contributed by atoms with Crippen molar-refractivity contribution in [1.82, 2.24) is 5.32 Å². The summed E-state index contributed by atoms with van der Waals surface area (Å²) in [5.74, 6) is 1.18. The van der Waals surface area contributed by atoms with Gasteiger partial charge in [-0.15, -0.1) is 11.8 Å². The van der Waals surface area contributed by atoms with E-state index >= 15 is 0 Å². The van der Waals surface area contributed by atoms with Gasteiger partial charge in [0.05, 0.1) is 5.69 Å². The Bertz CT molecular complexity index is 338. The second-order valence-corrected chi connectivity index (χ2v) is 5.05. The first-order valence-electron chi connectivity index (χ1n) is 5.45. The lowest BCUT2D eigenvalue weighted by atomic mass is 10.1. The van der Waals surface area contributed by atoms with Crippen LogP contribution in [0.2, 0.25) is 0 Å². The molecule has 15 heavy (non-hydrogen) atoms. The highest BCUT2D eigenvalue weighted by Crippen LogP contribution is 2.35. The summed E-state index contributed by atoms with van der Waals surface area (Å²) < 4.78 is 0. The van der Waals surface area contributed by atoms with Gasteiger partial charge in [-0.3, -0.25) is 0 Å². The van der Waals surface area contributed by atoms with Gasteiger partial charge in [-0.05, 0) is 38.6 Å². The number of para-hydroxylation sites is 1. The maximum atomic E-state index is 3.64. The molecule has 1 aliphatic rings. The molecule has 0 saturated carbocycles. The van der Waals surface area contributed by atoms with Crippen LogP contribution >= 0.6 is 11.8 Å². The lowest BCUT2D eigenvalue weighted by Crippen LogP contribution is -2.29. The third-order valence-electron chi connectivity index (χ3n) is 2.77. The Hall–Kier alpha value is -0.670. The zero-order valence-corrected chi connectivity index (χ0v) is 10.2. The molecule has 0 radical (unpaired) electrons. The number of thioether (sulfide) groups is 1. The van der Waals surface area contributed by atoms with E-state index in [9.17, 15) is 0 Å². The molecular formula is C12H18N2S. The molecule has 3 heteroatoms. The van der Waals surface area contributed by atoms with Crippen molar-refractivity contribution >= 4 is 17.4 Å². The molecule has 82 valence electrons. The van der Waals surface area contributed by atoms with Crippen LogP contribution in [0.5, 0.6) is 0 Å². The minimum Gasteiger partial charge on any atom is -0.380 e. The number of aryl methyl sites for hydroxylation is 1. The maximum absolute atomic E-state index is 3.64. The number of fused-ring (bicyclic) bond motifs is 1. The molecule has 2 N–H and O–H groups in total. The normalized spacial score (nSPS) is 19.5. The summed E-state index contributed by atoms with van der Waals surface area (Å²) in [6, 6.07) is 7.12. The van der Waals surface area contributed by atoms with Crippen LogP contribution in [0.3, 0.4) is 0 Å². The number of hydrogen-bond donors (Lipinski definition) is 2. The van der Waals surface area contributed by atoms with E-state index in [1.54, 1.807) is 0 Å². The van der Waals surface area contributed by atoms with Crippen molar-refractivity contribution < 1.29 is 0 Å². The summed E-state index contributed by atoms with van der Waals surface area (Å²) in [5.41, 5.74) is 2.70. The summed E-state index contributed by atoms with van der Waals surface area (Å²) in [6.45, 7) is 3.26. The summed E-state index contributed by atoms with van der Waals surface area (Å²) in [5, 5.41) is 6.84. The minimum absolute atomic E-state index is 0.607. The molecule has 2 nitrogen and oxygen atoms in total. The fraction of sp³-hybridized carbons (Fsp3) is 0.500. The average Bonchev–Trinajstić information content (AvgIpc) is 2.27. The van der Waals surface area contributed by atoms with Crippen molar-refractivity contribution in [2.75, 3.05) is 24.7 Å². The number of benzene rings is 1. The molecule has 1 unspecified atom stereocenters. The van der Waals surface area contributed by atoms with E-state index in [2.05, 4.69) is 35.8 Å². The number of hydrogen-bond acceptors (Lipinski definition) is 3. The van der Waals surface area contributed by atoms with E-state index in [-0.39, 0.29) is 0 Å². The van der Waals surface area contributed by atoms with Gasteiger partial charge in [0.15, 0.2) is 0 Å². The van der Waals surface area contributed by atoms with E-state index < -0.39 is 0 Å². The van der Waals surface area contributed by atoms with Gasteiger partial charge in [0.25, 0.3) is 0 Å². The molecule has 0 fully saturated rings. The molecule has 1 atom stereocenters. The second kappa shape index (κ2) is 4.90. The predicted molar refractivity (Wildman–Crippen MR) is 67.9 cm³/mol. The van der Waals surface area contributed by atoms with Gasteiger partial charge in [0, 0.05) is 16.7 Å². The van der Waals surface area contributed by atoms with Crippen LogP contribution in [0.15, 0.2) is 23.1 Å². The van der Waals surface area contributed by atoms with Gasteiger partial charge in [-0.2, -0.15) is 0 Å². The Morgan fingerprint density at radius 2 is 2.40 bits per heavy atom.